The molecule has 2 heterocycles. The zero-order valence-electron chi connectivity index (χ0n) is 12.7. The molecule has 0 radical (unpaired) electrons. The lowest BCUT2D eigenvalue weighted by molar-refractivity contribution is -0.129. The number of ether oxygens (including phenoxy) is 1. The van der Waals surface area contributed by atoms with Crippen LogP contribution in [0.5, 0.6) is 0 Å². The molecule has 2 saturated heterocycles. The van der Waals surface area contributed by atoms with E-state index >= 15 is 0 Å². The average Bonchev–Trinajstić information content (AvgIpc) is 2.99. The zero-order valence-corrected chi connectivity index (χ0v) is 12.7. The fourth-order valence-electron chi connectivity index (χ4n) is 2.76. The van der Waals surface area contributed by atoms with Crippen molar-refractivity contribution in [3.8, 4) is 0 Å². The number of piperazine rings is 1. The zero-order chi connectivity index (χ0) is 15.1. The fraction of sp³-hybridized carbons (Fsp3) is 0.857. The third kappa shape index (κ3) is 4.94. The van der Waals surface area contributed by atoms with Gasteiger partial charge in [0.25, 0.3) is 0 Å². The molecule has 7 heteroatoms. The van der Waals surface area contributed by atoms with Gasteiger partial charge >= 0.3 is 0 Å². The Kier molecular flexibility index (Phi) is 6.41. The van der Waals surface area contributed by atoms with Gasteiger partial charge in [-0.2, -0.15) is 0 Å². The van der Waals surface area contributed by atoms with Crippen molar-refractivity contribution < 1.29 is 14.3 Å². The van der Waals surface area contributed by atoms with E-state index < -0.39 is 0 Å². The molecule has 0 aromatic heterocycles. The van der Waals surface area contributed by atoms with Gasteiger partial charge in [-0.1, -0.05) is 0 Å². The summed E-state index contributed by atoms with van der Waals surface area (Å²) in [6, 6.07) is -0.271. The van der Waals surface area contributed by atoms with E-state index in [1.165, 1.54) is 0 Å². The summed E-state index contributed by atoms with van der Waals surface area (Å²) in [7, 11) is 0. The average molecular weight is 298 g/mol. The first-order chi connectivity index (χ1) is 10.2. The monoisotopic (exact) mass is 298 g/mol. The number of nitrogens with one attached hydrogen (secondary N) is 3. The third-order valence-electron chi connectivity index (χ3n) is 3.91. The number of amides is 2. The molecule has 0 saturated carbocycles. The minimum absolute atomic E-state index is 0.0170. The van der Waals surface area contributed by atoms with Crippen LogP contribution in [0, 0.1) is 0 Å². The van der Waals surface area contributed by atoms with Crippen molar-refractivity contribution in [2.24, 2.45) is 0 Å². The molecule has 2 rings (SSSR count). The van der Waals surface area contributed by atoms with Crippen molar-refractivity contribution >= 4 is 11.8 Å². The highest BCUT2D eigenvalue weighted by Crippen LogP contribution is 2.10. The van der Waals surface area contributed by atoms with Crippen LogP contribution >= 0.6 is 0 Å². The van der Waals surface area contributed by atoms with Crippen LogP contribution in [0.1, 0.15) is 19.8 Å². The van der Waals surface area contributed by atoms with Crippen molar-refractivity contribution in [1.82, 2.24) is 20.9 Å². The lowest BCUT2D eigenvalue weighted by Gasteiger charge is -2.34. The molecule has 0 bridgehead atoms. The summed E-state index contributed by atoms with van der Waals surface area (Å²) >= 11 is 0. The van der Waals surface area contributed by atoms with Gasteiger partial charge in [0.1, 0.15) is 6.04 Å². The number of likely N-dealkylation sites (N-methyl/N-ethyl adjacent to an activating group) is 1. The molecular formula is C14H26N4O3. The van der Waals surface area contributed by atoms with Crippen molar-refractivity contribution in [1.29, 1.82) is 0 Å². The molecule has 120 valence electrons. The molecule has 0 aromatic rings. The Hall–Kier alpha value is -1.18. The first kappa shape index (κ1) is 16.2. The lowest BCUT2D eigenvalue weighted by atomic mass is 10.1. The molecule has 0 aliphatic carbocycles. The molecule has 2 aliphatic rings. The molecule has 7 nitrogen and oxygen atoms in total. The van der Waals surface area contributed by atoms with Crippen molar-refractivity contribution in [3.63, 3.8) is 0 Å². The van der Waals surface area contributed by atoms with Crippen LogP contribution in [0.25, 0.3) is 0 Å². The number of carbonyl (C=O) groups excluding carboxylic acids is 2. The van der Waals surface area contributed by atoms with Crippen LogP contribution < -0.4 is 16.0 Å². The Labute approximate surface area is 125 Å². The fourth-order valence-corrected chi connectivity index (χ4v) is 2.76. The normalized spacial score (nSPS) is 26.5. The van der Waals surface area contributed by atoms with Crippen LogP contribution in [-0.2, 0) is 14.3 Å². The van der Waals surface area contributed by atoms with Crippen LogP contribution in [0.15, 0.2) is 0 Å². The number of hydrogen-bond donors (Lipinski definition) is 3. The van der Waals surface area contributed by atoms with Gasteiger partial charge in [-0.05, 0) is 19.8 Å². The van der Waals surface area contributed by atoms with E-state index in [2.05, 4.69) is 16.0 Å². The van der Waals surface area contributed by atoms with Gasteiger partial charge in [-0.3, -0.25) is 14.5 Å². The number of nitrogens with zero attached hydrogens (tertiary/aromatic N) is 1. The highest BCUT2D eigenvalue weighted by Gasteiger charge is 2.29. The molecule has 21 heavy (non-hydrogen) atoms. The Morgan fingerprint density at radius 2 is 2.24 bits per heavy atom. The van der Waals surface area contributed by atoms with Gasteiger partial charge < -0.3 is 20.7 Å². The predicted molar refractivity (Wildman–Crippen MR) is 78.9 cm³/mol. The van der Waals surface area contributed by atoms with Gasteiger partial charge in [0.05, 0.1) is 12.6 Å². The Morgan fingerprint density at radius 3 is 2.95 bits per heavy atom. The second kappa shape index (κ2) is 8.31. The van der Waals surface area contributed by atoms with Crippen molar-refractivity contribution in [2.45, 2.75) is 31.9 Å². The quantitative estimate of drug-likeness (QED) is 0.567. The minimum Gasteiger partial charge on any atom is -0.376 e. The molecular weight excluding hydrogens is 272 g/mol. The summed E-state index contributed by atoms with van der Waals surface area (Å²) in [5, 5.41) is 8.93. The molecule has 2 fully saturated rings. The molecule has 2 atom stereocenters. The summed E-state index contributed by atoms with van der Waals surface area (Å²) in [4.78, 5) is 26.0. The topological polar surface area (TPSA) is 82.7 Å². The van der Waals surface area contributed by atoms with Gasteiger partial charge in [0.2, 0.25) is 11.8 Å². The second-order valence-electron chi connectivity index (χ2n) is 5.52. The molecule has 0 aromatic carbocycles. The van der Waals surface area contributed by atoms with E-state index in [1.54, 1.807) is 0 Å². The van der Waals surface area contributed by atoms with Crippen molar-refractivity contribution in [2.75, 3.05) is 45.9 Å². The molecule has 2 aliphatic heterocycles. The van der Waals surface area contributed by atoms with E-state index in [0.717, 1.165) is 26.0 Å². The van der Waals surface area contributed by atoms with Crippen molar-refractivity contribution in [3.05, 3.63) is 0 Å². The molecule has 2 unspecified atom stereocenters. The Bertz CT molecular complexity index is 358. The van der Waals surface area contributed by atoms with Crippen LogP contribution in [0.2, 0.25) is 0 Å². The maximum absolute atomic E-state index is 12.0. The lowest BCUT2D eigenvalue weighted by Crippen LogP contribution is -2.59. The standard InChI is InChI=1S/C14H26N4O3/c1-2-16-14(20)12-9-15-5-6-18(12)10-13(19)17-8-11-4-3-7-21-11/h11-12,15H,2-10H2,1H3,(H,16,20)(H,17,19). The van der Waals surface area contributed by atoms with Crippen LogP contribution in [-0.4, -0.2) is 74.7 Å². The number of rotatable bonds is 6. The number of hydrogen-bond acceptors (Lipinski definition) is 5. The van der Waals surface area contributed by atoms with Gasteiger partial charge in [-0.15, -0.1) is 0 Å². The van der Waals surface area contributed by atoms with E-state index in [4.69, 9.17) is 4.74 Å². The number of carbonyl (C=O) groups is 2. The van der Waals surface area contributed by atoms with E-state index in [0.29, 0.717) is 26.2 Å². The largest absolute Gasteiger partial charge is 0.376 e. The van der Waals surface area contributed by atoms with E-state index in [-0.39, 0.29) is 30.5 Å². The summed E-state index contributed by atoms with van der Waals surface area (Å²) in [5.41, 5.74) is 0. The van der Waals surface area contributed by atoms with Crippen LogP contribution in [0.3, 0.4) is 0 Å². The highest BCUT2D eigenvalue weighted by atomic mass is 16.5. The van der Waals surface area contributed by atoms with Gasteiger partial charge in [0.15, 0.2) is 0 Å². The van der Waals surface area contributed by atoms with Gasteiger partial charge in [0, 0.05) is 39.3 Å². The highest BCUT2D eigenvalue weighted by molar-refractivity contribution is 5.84. The predicted octanol–water partition coefficient (Wildman–Crippen LogP) is -1.31. The SMILES string of the molecule is CCNC(=O)C1CNCCN1CC(=O)NCC1CCCO1. The third-order valence-corrected chi connectivity index (χ3v) is 3.91. The maximum atomic E-state index is 12.0. The smallest absolute Gasteiger partial charge is 0.238 e. The molecule has 2 amide bonds. The van der Waals surface area contributed by atoms with E-state index in [1.807, 2.05) is 11.8 Å². The van der Waals surface area contributed by atoms with E-state index in [9.17, 15) is 9.59 Å². The maximum Gasteiger partial charge on any atom is 0.238 e. The Balaban J connectivity index is 1.77. The summed E-state index contributed by atoms with van der Waals surface area (Å²) < 4.78 is 5.48. The molecule has 0 spiro atoms. The minimum atomic E-state index is -0.271. The summed E-state index contributed by atoms with van der Waals surface area (Å²) in [5.74, 6) is -0.0571. The first-order valence-corrected chi connectivity index (χ1v) is 7.81. The van der Waals surface area contributed by atoms with Gasteiger partial charge in [-0.25, -0.2) is 0 Å². The Morgan fingerprint density at radius 1 is 1.38 bits per heavy atom. The second-order valence-corrected chi connectivity index (χ2v) is 5.52. The molecule has 3 N–H and O–H groups in total. The summed E-state index contributed by atoms with van der Waals surface area (Å²) in [6.07, 6.45) is 2.23. The first-order valence-electron chi connectivity index (χ1n) is 7.81. The summed E-state index contributed by atoms with van der Waals surface area (Å²) in [6.45, 7) is 6.21. The van der Waals surface area contributed by atoms with Crippen LogP contribution in [0.4, 0.5) is 0 Å².